The van der Waals surface area contributed by atoms with Crippen LogP contribution in [-0.4, -0.2) is 18.3 Å². The van der Waals surface area contributed by atoms with Crippen LogP contribution in [0.2, 0.25) is 0 Å². The first-order valence-electron chi connectivity index (χ1n) is 7.44. The molecule has 1 atom stereocenters. The number of aldehydes is 1. The second kappa shape index (κ2) is 6.20. The highest BCUT2D eigenvalue weighted by Gasteiger charge is 2.33. The predicted octanol–water partition coefficient (Wildman–Crippen LogP) is 3.34. The van der Waals surface area contributed by atoms with Gasteiger partial charge in [-0.2, -0.15) is 0 Å². The summed E-state index contributed by atoms with van der Waals surface area (Å²) >= 11 is 0. The number of amides is 1. The molecule has 0 saturated carbocycles. The highest BCUT2D eigenvalue weighted by molar-refractivity contribution is 6.00. The van der Waals surface area contributed by atoms with Crippen LogP contribution >= 0.6 is 0 Å². The molecule has 2 aromatic rings. The van der Waals surface area contributed by atoms with E-state index in [9.17, 15) is 14.0 Å². The minimum Gasteiger partial charge on any atom is -0.478 e. The fourth-order valence-electron chi connectivity index (χ4n) is 2.63. The molecule has 0 N–H and O–H groups in total. The number of anilines is 1. The Hall–Kier alpha value is -2.69. The molecule has 0 saturated heterocycles. The van der Waals surface area contributed by atoms with E-state index in [0.29, 0.717) is 35.3 Å². The van der Waals surface area contributed by atoms with E-state index < -0.39 is 6.10 Å². The van der Waals surface area contributed by atoms with Crippen LogP contribution in [0.15, 0.2) is 42.5 Å². The van der Waals surface area contributed by atoms with E-state index in [-0.39, 0.29) is 18.3 Å². The Morgan fingerprint density at radius 3 is 2.74 bits per heavy atom. The number of hydrogen-bond donors (Lipinski definition) is 0. The molecule has 5 heteroatoms. The molecule has 1 amide bonds. The molecule has 3 rings (SSSR count). The van der Waals surface area contributed by atoms with Crippen LogP contribution < -0.4 is 9.64 Å². The first-order valence-corrected chi connectivity index (χ1v) is 7.44. The van der Waals surface area contributed by atoms with E-state index >= 15 is 0 Å². The van der Waals surface area contributed by atoms with Crippen LogP contribution in [0.5, 0.6) is 5.75 Å². The summed E-state index contributed by atoms with van der Waals surface area (Å²) in [6.45, 7) is 1.95. The molecule has 1 unspecified atom stereocenters. The summed E-state index contributed by atoms with van der Waals surface area (Å²) < 4.78 is 19.6. The van der Waals surface area contributed by atoms with Crippen LogP contribution in [-0.2, 0) is 11.3 Å². The standard InChI is InChI=1S/C18H16FNO3/c1-2-16-18(22)20(10-13-5-3-4-6-14(13)19)15-9-12(11-21)7-8-17(15)23-16/h3-9,11,16H,2,10H2,1H3. The van der Waals surface area contributed by atoms with Crippen LogP contribution in [0.3, 0.4) is 0 Å². The van der Waals surface area contributed by atoms with Crippen molar-refractivity contribution in [2.45, 2.75) is 26.0 Å². The first kappa shape index (κ1) is 15.2. The third kappa shape index (κ3) is 2.82. The summed E-state index contributed by atoms with van der Waals surface area (Å²) in [7, 11) is 0. The van der Waals surface area contributed by atoms with Gasteiger partial charge in [0, 0.05) is 11.1 Å². The smallest absolute Gasteiger partial charge is 0.268 e. The number of hydrogen-bond acceptors (Lipinski definition) is 3. The van der Waals surface area contributed by atoms with Gasteiger partial charge in [-0.1, -0.05) is 25.1 Å². The van der Waals surface area contributed by atoms with Crippen LogP contribution in [0.4, 0.5) is 10.1 Å². The van der Waals surface area contributed by atoms with Gasteiger partial charge in [0.2, 0.25) is 0 Å². The molecule has 1 aliphatic heterocycles. The lowest BCUT2D eigenvalue weighted by Crippen LogP contribution is -2.45. The lowest BCUT2D eigenvalue weighted by molar-refractivity contribution is -0.126. The maximum atomic E-state index is 13.9. The highest BCUT2D eigenvalue weighted by atomic mass is 19.1. The van der Waals surface area contributed by atoms with E-state index in [1.54, 1.807) is 36.4 Å². The Bertz CT molecular complexity index is 760. The van der Waals surface area contributed by atoms with Crippen molar-refractivity contribution in [2.75, 3.05) is 4.90 Å². The number of ether oxygens (including phenoxy) is 1. The molecule has 0 spiro atoms. The van der Waals surface area contributed by atoms with Crippen LogP contribution in [0.25, 0.3) is 0 Å². The van der Waals surface area contributed by atoms with Crippen molar-refractivity contribution in [3.05, 3.63) is 59.4 Å². The monoisotopic (exact) mass is 313 g/mol. The van der Waals surface area contributed by atoms with Crippen LogP contribution in [0.1, 0.15) is 29.3 Å². The van der Waals surface area contributed by atoms with Crippen molar-refractivity contribution in [3.63, 3.8) is 0 Å². The second-order valence-corrected chi connectivity index (χ2v) is 5.38. The summed E-state index contributed by atoms with van der Waals surface area (Å²) in [5.41, 5.74) is 1.35. The minimum atomic E-state index is -0.601. The molecular weight excluding hydrogens is 297 g/mol. The van der Waals surface area contributed by atoms with Crippen molar-refractivity contribution < 1.29 is 18.7 Å². The normalized spacial score (nSPS) is 16.7. The van der Waals surface area contributed by atoms with Crippen molar-refractivity contribution in [1.82, 2.24) is 0 Å². The Morgan fingerprint density at radius 1 is 1.26 bits per heavy atom. The van der Waals surface area contributed by atoms with Crippen molar-refractivity contribution in [2.24, 2.45) is 0 Å². The third-order valence-electron chi connectivity index (χ3n) is 3.88. The minimum absolute atomic E-state index is 0.0979. The number of benzene rings is 2. The molecule has 0 radical (unpaired) electrons. The molecule has 1 heterocycles. The van der Waals surface area contributed by atoms with Gasteiger partial charge in [0.1, 0.15) is 17.9 Å². The van der Waals surface area contributed by atoms with E-state index in [4.69, 9.17) is 4.74 Å². The number of halogens is 1. The number of nitrogens with zero attached hydrogens (tertiary/aromatic N) is 1. The maximum absolute atomic E-state index is 13.9. The molecule has 0 aromatic heterocycles. The van der Waals surface area contributed by atoms with Gasteiger partial charge in [-0.3, -0.25) is 9.59 Å². The van der Waals surface area contributed by atoms with Crippen molar-refractivity contribution in [1.29, 1.82) is 0 Å². The highest BCUT2D eigenvalue weighted by Crippen LogP contribution is 2.36. The largest absolute Gasteiger partial charge is 0.478 e. The summed E-state index contributed by atoms with van der Waals surface area (Å²) in [5, 5.41) is 0. The number of carbonyl (C=O) groups is 2. The SMILES string of the molecule is CCC1Oc2ccc(C=O)cc2N(Cc2ccccc2F)C1=O. The van der Waals surface area contributed by atoms with Gasteiger partial charge in [-0.05, 0) is 30.7 Å². The van der Waals surface area contributed by atoms with E-state index in [1.165, 1.54) is 11.0 Å². The van der Waals surface area contributed by atoms with E-state index in [0.717, 1.165) is 0 Å². The van der Waals surface area contributed by atoms with Gasteiger partial charge in [0.25, 0.3) is 5.91 Å². The maximum Gasteiger partial charge on any atom is 0.268 e. The Labute approximate surface area is 133 Å². The molecule has 2 aromatic carbocycles. The predicted molar refractivity (Wildman–Crippen MR) is 84.1 cm³/mol. The molecule has 4 nitrogen and oxygen atoms in total. The van der Waals surface area contributed by atoms with Gasteiger partial charge in [0.15, 0.2) is 6.10 Å². The van der Waals surface area contributed by atoms with Crippen molar-refractivity contribution >= 4 is 17.9 Å². The topological polar surface area (TPSA) is 46.6 Å². The number of carbonyl (C=O) groups excluding carboxylic acids is 2. The first-order chi connectivity index (χ1) is 11.1. The van der Waals surface area contributed by atoms with Gasteiger partial charge in [0.05, 0.1) is 12.2 Å². The summed E-state index contributed by atoms with van der Waals surface area (Å²) in [4.78, 5) is 25.1. The number of rotatable bonds is 4. The molecule has 0 bridgehead atoms. The average molecular weight is 313 g/mol. The average Bonchev–Trinajstić information content (AvgIpc) is 2.58. The van der Waals surface area contributed by atoms with E-state index in [1.807, 2.05) is 6.92 Å². The lowest BCUT2D eigenvalue weighted by atomic mass is 10.1. The van der Waals surface area contributed by atoms with Crippen LogP contribution in [0, 0.1) is 5.82 Å². The van der Waals surface area contributed by atoms with Crippen molar-refractivity contribution in [3.8, 4) is 5.75 Å². The zero-order valence-corrected chi connectivity index (χ0v) is 12.7. The fraction of sp³-hybridized carbons (Fsp3) is 0.222. The molecule has 0 fully saturated rings. The van der Waals surface area contributed by atoms with Gasteiger partial charge in [-0.15, -0.1) is 0 Å². The Kier molecular flexibility index (Phi) is 4.10. The second-order valence-electron chi connectivity index (χ2n) is 5.38. The van der Waals surface area contributed by atoms with Gasteiger partial charge >= 0.3 is 0 Å². The molecule has 23 heavy (non-hydrogen) atoms. The molecule has 0 aliphatic carbocycles. The van der Waals surface area contributed by atoms with Gasteiger partial charge in [-0.25, -0.2) is 4.39 Å². The fourth-order valence-corrected chi connectivity index (χ4v) is 2.63. The number of fused-ring (bicyclic) bond motifs is 1. The van der Waals surface area contributed by atoms with Gasteiger partial charge < -0.3 is 9.64 Å². The molecule has 118 valence electrons. The quantitative estimate of drug-likeness (QED) is 0.813. The Balaban J connectivity index is 2.04. The lowest BCUT2D eigenvalue weighted by Gasteiger charge is -2.34. The summed E-state index contributed by atoms with van der Waals surface area (Å²) in [6, 6.07) is 11.2. The molecule has 1 aliphatic rings. The molecular formula is C18H16FNO3. The summed E-state index contributed by atoms with van der Waals surface area (Å²) in [6.07, 6.45) is 0.621. The third-order valence-corrected chi connectivity index (χ3v) is 3.88. The zero-order chi connectivity index (χ0) is 16.4. The Morgan fingerprint density at radius 2 is 2.04 bits per heavy atom. The van der Waals surface area contributed by atoms with E-state index in [2.05, 4.69) is 0 Å². The zero-order valence-electron chi connectivity index (χ0n) is 12.7. The summed E-state index contributed by atoms with van der Waals surface area (Å²) in [5.74, 6) is -0.0716.